The van der Waals surface area contributed by atoms with Gasteiger partial charge in [0, 0.05) is 57.1 Å². The number of likely N-dealkylation sites (N-methyl/N-ethyl adjacent to an activating group) is 1. The van der Waals surface area contributed by atoms with Crippen LogP contribution in [-0.4, -0.2) is 125 Å². The number of carboxylic acid groups (broad SMARTS) is 1. The molecule has 0 saturated carbocycles. The second kappa shape index (κ2) is 16.0. The maximum absolute atomic E-state index is 14.9. The summed E-state index contributed by atoms with van der Waals surface area (Å²) < 4.78 is 25.7. The number of pyridine rings is 1. The zero-order valence-corrected chi connectivity index (χ0v) is 26.3. The first-order valence-corrected chi connectivity index (χ1v) is 15.6. The van der Waals surface area contributed by atoms with Gasteiger partial charge in [-0.3, -0.25) is 24.0 Å². The number of fused-ring (bicyclic) bond motifs is 1. The van der Waals surface area contributed by atoms with Gasteiger partial charge in [-0.15, -0.1) is 0 Å². The Morgan fingerprint density at radius 3 is 2.47 bits per heavy atom. The van der Waals surface area contributed by atoms with Gasteiger partial charge in [-0.2, -0.15) is 0 Å². The molecule has 3 heterocycles. The largest absolute Gasteiger partial charge is 0.483 e. The van der Waals surface area contributed by atoms with Crippen LogP contribution in [-0.2, 0) is 23.9 Å². The molecule has 0 bridgehead atoms. The zero-order valence-electron chi connectivity index (χ0n) is 26.3. The van der Waals surface area contributed by atoms with Gasteiger partial charge in [0.25, 0.3) is 11.8 Å². The van der Waals surface area contributed by atoms with Crippen molar-refractivity contribution in [1.82, 2.24) is 30.3 Å². The fourth-order valence-electron chi connectivity index (χ4n) is 5.57. The number of para-hydroxylation sites is 1. The van der Waals surface area contributed by atoms with E-state index in [4.69, 9.17) is 9.47 Å². The summed E-state index contributed by atoms with van der Waals surface area (Å²) in [6, 6.07) is 3.39. The van der Waals surface area contributed by atoms with E-state index >= 15 is 0 Å². The van der Waals surface area contributed by atoms with E-state index in [1.54, 1.807) is 13.8 Å². The number of nitrogens with one attached hydrogen (secondary N) is 2. The number of likely N-dealkylation sites (tertiary alicyclic amines) is 1. The molecule has 5 amide bonds. The van der Waals surface area contributed by atoms with Gasteiger partial charge in [-0.25, -0.2) is 14.2 Å². The second-order valence-electron chi connectivity index (χ2n) is 11.0. The molecule has 15 nitrogen and oxygen atoms in total. The number of ether oxygens (including phenoxy) is 2. The molecule has 47 heavy (non-hydrogen) atoms. The summed E-state index contributed by atoms with van der Waals surface area (Å²) in [6.07, 6.45) is -0.0193. The van der Waals surface area contributed by atoms with E-state index in [0.717, 1.165) is 6.07 Å². The number of rotatable bonds is 12. The Morgan fingerprint density at radius 1 is 1.06 bits per heavy atom. The van der Waals surface area contributed by atoms with E-state index in [1.807, 2.05) is 0 Å². The van der Waals surface area contributed by atoms with Crippen molar-refractivity contribution in [2.45, 2.75) is 51.6 Å². The van der Waals surface area contributed by atoms with Crippen LogP contribution in [0.3, 0.4) is 0 Å². The number of halogens is 1. The molecule has 2 unspecified atom stereocenters. The normalized spacial score (nSPS) is 16.8. The summed E-state index contributed by atoms with van der Waals surface area (Å²) in [5.74, 6) is -4.13. The van der Waals surface area contributed by atoms with Crippen LogP contribution in [0, 0.1) is 5.82 Å². The van der Waals surface area contributed by atoms with Gasteiger partial charge >= 0.3 is 12.1 Å². The van der Waals surface area contributed by atoms with Gasteiger partial charge in [0.15, 0.2) is 6.61 Å². The highest BCUT2D eigenvalue weighted by atomic mass is 19.1. The predicted octanol–water partition coefficient (Wildman–Crippen LogP) is 1.14. The van der Waals surface area contributed by atoms with Crippen molar-refractivity contribution in [3.63, 3.8) is 0 Å². The lowest BCUT2D eigenvalue weighted by atomic mass is 10.1. The Kier molecular flexibility index (Phi) is 11.9. The van der Waals surface area contributed by atoms with Crippen LogP contribution < -0.4 is 15.4 Å². The van der Waals surface area contributed by atoms with Crippen LogP contribution >= 0.6 is 0 Å². The Bertz CT molecular complexity index is 1510. The maximum Gasteiger partial charge on any atom is 0.409 e. The van der Waals surface area contributed by atoms with Crippen molar-refractivity contribution in [3.8, 4) is 5.75 Å². The van der Waals surface area contributed by atoms with Gasteiger partial charge < -0.3 is 39.9 Å². The summed E-state index contributed by atoms with van der Waals surface area (Å²) in [5.41, 5.74) is -0.542. The first-order valence-electron chi connectivity index (χ1n) is 15.6. The molecule has 2 fully saturated rings. The van der Waals surface area contributed by atoms with Crippen LogP contribution in [0.2, 0.25) is 0 Å². The predicted molar refractivity (Wildman–Crippen MR) is 164 cm³/mol. The number of benzene rings is 1. The highest BCUT2D eigenvalue weighted by molar-refractivity contribution is 5.99. The minimum atomic E-state index is -1.27. The molecule has 0 aliphatic carbocycles. The SMILES string of the molecule is CCNC(=O)C1CCCN1C(=O)COc1cc(C(=O)NC(CCC(=O)O)C(=O)N2CCN(C(=O)OCC)CC2)nc2c(F)cccc12. The monoisotopic (exact) mass is 658 g/mol. The molecular weight excluding hydrogens is 619 g/mol. The van der Waals surface area contributed by atoms with Crippen molar-refractivity contribution < 1.29 is 47.7 Å². The van der Waals surface area contributed by atoms with Crippen LogP contribution in [0.15, 0.2) is 24.3 Å². The number of hydrogen-bond acceptors (Lipinski definition) is 9. The molecule has 254 valence electrons. The number of carbonyl (C=O) groups excluding carboxylic acids is 5. The molecule has 0 radical (unpaired) electrons. The van der Waals surface area contributed by atoms with E-state index in [-0.39, 0.29) is 67.5 Å². The molecule has 1 aromatic carbocycles. The van der Waals surface area contributed by atoms with Gasteiger partial charge in [0.1, 0.15) is 34.9 Å². The summed E-state index contributed by atoms with van der Waals surface area (Å²) in [4.78, 5) is 84.3. The highest BCUT2D eigenvalue weighted by Gasteiger charge is 2.34. The number of carboxylic acids is 1. The van der Waals surface area contributed by atoms with Crippen molar-refractivity contribution in [3.05, 3.63) is 35.8 Å². The van der Waals surface area contributed by atoms with Crippen LogP contribution in [0.1, 0.15) is 50.0 Å². The maximum atomic E-state index is 14.9. The van der Waals surface area contributed by atoms with E-state index < -0.39 is 60.7 Å². The minimum absolute atomic E-state index is 0.0229. The Morgan fingerprint density at radius 2 is 1.79 bits per heavy atom. The van der Waals surface area contributed by atoms with Crippen molar-refractivity contribution >= 4 is 46.6 Å². The number of carbonyl (C=O) groups is 6. The Balaban J connectivity index is 1.52. The smallest absolute Gasteiger partial charge is 0.409 e. The van der Waals surface area contributed by atoms with Crippen molar-refractivity contribution in [2.24, 2.45) is 0 Å². The molecule has 2 saturated heterocycles. The first-order chi connectivity index (χ1) is 22.5. The molecule has 0 spiro atoms. The molecule has 2 aromatic rings. The van der Waals surface area contributed by atoms with E-state index in [2.05, 4.69) is 15.6 Å². The molecule has 1 aromatic heterocycles. The number of nitrogens with zero attached hydrogens (tertiary/aromatic N) is 4. The van der Waals surface area contributed by atoms with E-state index in [9.17, 15) is 38.3 Å². The number of piperazine rings is 1. The van der Waals surface area contributed by atoms with Crippen LogP contribution in [0.5, 0.6) is 5.75 Å². The van der Waals surface area contributed by atoms with Crippen molar-refractivity contribution in [2.75, 3.05) is 52.5 Å². The number of amides is 5. The third-order valence-electron chi connectivity index (χ3n) is 7.93. The number of hydrogen-bond donors (Lipinski definition) is 3. The molecule has 2 atom stereocenters. The fourth-order valence-corrected chi connectivity index (χ4v) is 5.57. The summed E-state index contributed by atoms with van der Waals surface area (Å²) in [5, 5.41) is 14.7. The molecule has 3 N–H and O–H groups in total. The van der Waals surface area contributed by atoms with Crippen LogP contribution in [0.4, 0.5) is 9.18 Å². The van der Waals surface area contributed by atoms with E-state index in [0.29, 0.717) is 25.9 Å². The van der Waals surface area contributed by atoms with E-state index in [1.165, 1.54) is 32.9 Å². The third kappa shape index (κ3) is 8.62. The number of aromatic nitrogens is 1. The zero-order chi connectivity index (χ0) is 34.1. The Hall–Kier alpha value is -5.02. The van der Waals surface area contributed by atoms with Gasteiger partial charge in [0.05, 0.1) is 6.61 Å². The second-order valence-corrected chi connectivity index (χ2v) is 11.0. The lowest BCUT2D eigenvalue weighted by molar-refractivity contribution is -0.139. The summed E-state index contributed by atoms with van der Waals surface area (Å²) in [7, 11) is 0. The van der Waals surface area contributed by atoms with Crippen molar-refractivity contribution in [1.29, 1.82) is 0 Å². The first kappa shape index (κ1) is 34.8. The topological polar surface area (TPSA) is 188 Å². The molecule has 2 aliphatic rings. The Labute approximate surface area is 270 Å². The van der Waals surface area contributed by atoms with Gasteiger partial charge in [-0.1, -0.05) is 6.07 Å². The molecule has 4 rings (SSSR count). The van der Waals surface area contributed by atoms with Gasteiger partial charge in [0.2, 0.25) is 11.8 Å². The summed E-state index contributed by atoms with van der Waals surface area (Å²) >= 11 is 0. The number of aliphatic carboxylic acids is 1. The summed E-state index contributed by atoms with van der Waals surface area (Å²) in [6.45, 7) is 4.61. The lowest BCUT2D eigenvalue weighted by Gasteiger charge is -2.35. The lowest BCUT2D eigenvalue weighted by Crippen LogP contribution is -2.56. The van der Waals surface area contributed by atoms with Gasteiger partial charge in [-0.05, 0) is 45.2 Å². The highest BCUT2D eigenvalue weighted by Crippen LogP contribution is 2.28. The molecular formula is C31H39FN6O9. The minimum Gasteiger partial charge on any atom is -0.483 e. The average molecular weight is 659 g/mol. The quantitative estimate of drug-likeness (QED) is 0.299. The molecule has 2 aliphatic heterocycles. The molecule has 16 heteroatoms. The fraction of sp³-hybridized carbons (Fsp3) is 0.516. The average Bonchev–Trinajstić information content (AvgIpc) is 3.56. The standard InChI is InChI=1S/C31H39FN6O9/c1-3-33-29(43)23-9-6-12-38(23)25(39)18-47-24-17-22(34-27-19(24)7-5-8-20(27)32)28(42)35-21(10-11-26(40)41)30(44)36-13-15-37(16-14-36)31(45)46-4-2/h5,7-8,17,21,23H,3-4,6,9-16,18H2,1-2H3,(H,33,43)(H,35,42)(H,40,41). The third-order valence-corrected chi connectivity index (χ3v) is 7.93. The van der Waals surface area contributed by atoms with Crippen LogP contribution in [0.25, 0.3) is 10.9 Å².